The summed E-state index contributed by atoms with van der Waals surface area (Å²) in [5, 5.41) is 11.9. The van der Waals surface area contributed by atoms with Gasteiger partial charge in [-0.2, -0.15) is 0 Å². The summed E-state index contributed by atoms with van der Waals surface area (Å²) in [7, 11) is 3.09. The summed E-state index contributed by atoms with van der Waals surface area (Å²) in [5.41, 5.74) is 0.685. The number of benzene rings is 2. The van der Waals surface area contributed by atoms with Crippen molar-refractivity contribution in [2.45, 2.75) is 45.4 Å². The summed E-state index contributed by atoms with van der Waals surface area (Å²) in [4.78, 5) is 37.1. The van der Waals surface area contributed by atoms with Gasteiger partial charge in [-0.1, -0.05) is 36.4 Å². The number of ether oxygens (including phenoxy) is 3. The highest BCUT2D eigenvalue weighted by Crippen LogP contribution is 2.30. The van der Waals surface area contributed by atoms with Crippen LogP contribution < -0.4 is 14.8 Å². The van der Waals surface area contributed by atoms with Gasteiger partial charge in [-0.05, 0) is 44.0 Å². The fourth-order valence-corrected chi connectivity index (χ4v) is 2.68. The summed E-state index contributed by atoms with van der Waals surface area (Å²) < 4.78 is 16.4. The zero-order valence-electron chi connectivity index (χ0n) is 19.5. The number of nitrogens with one attached hydrogen (secondary N) is 1. The van der Waals surface area contributed by atoms with Crippen LogP contribution in [-0.2, 0) is 22.6 Å². The standard InChI is InChI=1S/C24H30N2O7/c1-24(2,3)33-22(29)25-18(21(27)28)13-17-11-12-19(20(14-17)32-23(30)26(4)5)31-15-16-9-7-6-8-10-16/h6-12,14,18H,13,15H2,1-5H3,(H,25,29)(H,27,28)/t18-/m0/s1. The Morgan fingerprint density at radius 2 is 1.67 bits per heavy atom. The van der Waals surface area contributed by atoms with Gasteiger partial charge in [0.2, 0.25) is 0 Å². The van der Waals surface area contributed by atoms with Crippen LogP contribution in [0.15, 0.2) is 48.5 Å². The van der Waals surface area contributed by atoms with Gasteiger partial charge in [0.25, 0.3) is 0 Å². The molecule has 0 radical (unpaired) electrons. The third-order valence-electron chi connectivity index (χ3n) is 4.24. The third kappa shape index (κ3) is 8.72. The molecule has 2 amide bonds. The molecule has 0 unspecified atom stereocenters. The van der Waals surface area contributed by atoms with E-state index >= 15 is 0 Å². The number of carbonyl (C=O) groups excluding carboxylic acids is 2. The Balaban J connectivity index is 2.22. The van der Waals surface area contributed by atoms with Crippen molar-refractivity contribution in [2.75, 3.05) is 14.1 Å². The van der Waals surface area contributed by atoms with Crippen molar-refractivity contribution in [3.8, 4) is 11.5 Å². The maximum atomic E-state index is 12.1. The van der Waals surface area contributed by atoms with Gasteiger partial charge in [0.15, 0.2) is 11.5 Å². The van der Waals surface area contributed by atoms with E-state index in [2.05, 4.69) is 5.32 Å². The number of hydrogen-bond acceptors (Lipinski definition) is 6. The maximum Gasteiger partial charge on any atom is 0.414 e. The molecular formula is C24H30N2O7. The molecule has 33 heavy (non-hydrogen) atoms. The molecule has 9 heteroatoms. The Bertz CT molecular complexity index is 969. The number of carbonyl (C=O) groups is 3. The summed E-state index contributed by atoms with van der Waals surface area (Å²) >= 11 is 0. The maximum absolute atomic E-state index is 12.1. The SMILES string of the molecule is CN(C)C(=O)Oc1cc(C[C@H](NC(=O)OC(C)(C)C)C(=O)O)ccc1OCc1ccccc1. The molecule has 0 bridgehead atoms. The van der Waals surface area contributed by atoms with Crippen molar-refractivity contribution < 1.29 is 33.7 Å². The highest BCUT2D eigenvalue weighted by molar-refractivity contribution is 5.80. The number of aliphatic carboxylic acids is 1. The molecule has 0 aliphatic rings. The minimum Gasteiger partial charge on any atom is -0.485 e. The molecule has 2 rings (SSSR count). The lowest BCUT2D eigenvalue weighted by Crippen LogP contribution is -2.44. The molecule has 0 saturated heterocycles. The quantitative estimate of drug-likeness (QED) is 0.618. The van der Waals surface area contributed by atoms with E-state index in [4.69, 9.17) is 14.2 Å². The van der Waals surface area contributed by atoms with E-state index in [1.165, 1.54) is 11.0 Å². The van der Waals surface area contributed by atoms with Crippen molar-refractivity contribution in [1.82, 2.24) is 10.2 Å². The number of amides is 2. The molecule has 0 aromatic heterocycles. The van der Waals surface area contributed by atoms with E-state index in [0.29, 0.717) is 11.3 Å². The van der Waals surface area contributed by atoms with Crippen molar-refractivity contribution in [3.63, 3.8) is 0 Å². The van der Waals surface area contributed by atoms with Crippen LogP contribution in [0.5, 0.6) is 11.5 Å². The second-order valence-corrected chi connectivity index (χ2v) is 8.56. The lowest BCUT2D eigenvalue weighted by molar-refractivity contribution is -0.139. The van der Waals surface area contributed by atoms with Crippen LogP contribution in [0.3, 0.4) is 0 Å². The number of alkyl carbamates (subject to hydrolysis) is 1. The Labute approximate surface area is 193 Å². The smallest absolute Gasteiger partial charge is 0.414 e. The molecular weight excluding hydrogens is 428 g/mol. The lowest BCUT2D eigenvalue weighted by Gasteiger charge is -2.22. The fraction of sp³-hybridized carbons (Fsp3) is 0.375. The summed E-state index contributed by atoms with van der Waals surface area (Å²) in [6.45, 7) is 5.30. The van der Waals surface area contributed by atoms with E-state index in [-0.39, 0.29) is 18.8 Å². The van der Waals surface area contributed by atoms with Crippen molar-refractivity contribution in [2.24, 2.45) is 0 Å². The van der Waals surface area contributed by atoms with E-state index in [0.717, 1.165) is 5.56 Å². The Morgan fingerprint density at radius 1 is 1.00 bits per heavy atom. The number of rotatable bonds is 8. The largest absolute Gasteiger partial charge is 0.485 e. The van der Waals surface area contributed by atoms with E-state index < -0.39 is 29.8 Å². The molecule has 0 heterocycles. The minimum absolute atomic E-state index is 0.0555. The molecule has 0 saturated carbocycles. The van der Waals surface area contributed by atoms with Crippen LogP contribution in [0, 0.1) is 0 Å². The van der Waals surface area contributed by atoms with Crippen molar-refractivity contribution in [3.05, 3.63) is 59.7 Å². The van der Waals surface area contributed by atoms with Gasteiger partial charge >= 0.3 is 18.2 Å². The predicted octanol–water partition coefficient (Wildman–Crippen LogP) is 3.85. The number of nitrogens with zero attached hydrogens (tertiary/aromatic N) is 1. The van der Waals surface area contributed by atoms with E-state index in [1.807, 2.05) is 30.3 Å². The van der Waals surface area contributed by atoms with Crippen LogP contribution >= 0.6 is 0 Å². The molecule has 0 spiro atoms. The van der Waals surface area contributed by atoms with Gasteiger partial charge in [-0.25, -0.2) is 14.4 Å². The Kier molecular flexibility index (Phi) is 8.67. The molecule has 0 fully saturated rings. The number of carboxylic acid groups (broad SMARTS) is 1. The van der Waals surface area contributed by atoms with Crippen LogP contribution in [-0.4, -0.2) is 53.9 Å². The fourth-order valence-electron chi connectivity index (χ4n) is 2.68. The number of carboxylic acids is 1. The zero-order valence-corrected chi connectivity index (χ0v) is 19.5. The van der Waals surface area contributed by atoms with Gasteiger partial charge < -0.3 is 29.5 Å². The summed E-state index contributed by atoms with van der Waals surface area (Å²) in [6, 6.07) is 13.0. The molecule has 1 atom stereocenters. The molecule has 2 aromatic rings. The van der Waals surface area contributed by atoms with Crippen molar-refractivity contribution in [1.29, 1.82) is 0 Å². The second kappa shape index (κ2) is 11.2. The molecule has 0 aliphatic heterocycles. The Morgan fingerprint density at radius 3 is 2.24 bits per heavy atom. The average molecular weight is 459 g/mol. The van der Waals surface area contributed by atoms with E-state index in [1.54, 1.807) is 47.0 Å². The first kappa shape index (κ1) is 25.5. The normalized spacial score (nSPS) is 11.8. The summed E-state index contributed by atoms with van der Waals surface area (Å²) in [6.07, 6.45) is -1.50. The minimum atomic E-state index is -1.24. The van der Waals surface area contributed by atoms with Gasteiger partial charge in [0.05, 0.1) is 0 Å². The van der Waals surface area contributed by atoms with Crippen LogP contribution in [0.4, 0.5) is 9.59 Å². The van der Waals surface area contributed by atoms with Crippen LogP contribution in [0.1, 0.15) is 31.9 Å². The van der Waals surface area contributed by atoms with Crippen LogP contribution in [0.2, 0.25) is 0 Å². The van der Waals surface area contributed by atoms with Gasteiger partial charge in [-0.15, -0.1) is 0 Å². The molecule has 0 aliphatic carbocycles. The molecule has 2 N–H and O–H groups in total. The van der Waals surface area contributed by atoms with Gasteiger partial charge in [0, 0.05) is 20.5 Å². The first-order valence-corrected chi connectivity index (χ1v) is 10.4. The van der Waals surface area contributed by atoms with Gasteiger partial charge in [-0.3, -0.25) is 0 Å². The highest BCUT2D eigenvalue weighted by Gasteiger charge is 2.25. The summed E-state index contributed by atoms with van der Waals surface area (Å²) in [5.74, 6) is -0.759. The Hall–Kier alpha value is -3.75. The lowest BCUT2D eigenvalue weighted by atomic mass is 10.1. The topological polar surface area (TPSA) is 114 Å². The molecule has 9 nitrogen and oxygen atoms in total. The first-order chi connectivity index (χ1) is 15.4. The molecule has 178 valence electrons. The number of hydrogen-bond donors (Lipinski definition) is 2. The van der Waals surface area contributed by atoms with E-state index in [9.17, 15) is 19.5 Å². The van der Waals surface area contributed by atoms with Crippen molar-refractivity contribution >= 4 is 18.2 Å². The highest BCUT2D eigenvalue weighted by atomic mass is 16.6. The predicted molar refractivity (Wildman–Crippen MR) is 121 cm³/mol. The monoisotopic (exact) mass is 458 g/mol. The van der Waals surface area contributed by atoms with Gasteiger partial charge in [0.1, 0.15) is 18.2 Å². The average Bonchev–Trinajstić information content (AvgIpc) is 2.72. The molecule has 2 aromatic carbocycles. The second-order valence-electron chi connectivity index (χ2n) is 8.56. The first-order valence-electron chi connectivity index (χ1n) is 10.4. The zero-order chi connectivity index (χ0) is 24.6. The van der Waals surface area contributed by atoms with Crippen LogP contribution in [0.25, 0.3) is 0 Å². The third-order valence-corrected chi connectivity index (χ3v) is 4.24.